The first-order chi connectivity index (χ1) is 14.5. The van der Waals surface area contributed by atoms with Crippen molar-refractivity contribution in [2.45, 2.75) is 51.2 Å². The topological polar surface area (TPSA) is 88.5 Å². The Hall–Kier alpha value is -2.32. The number of hydrogen-bond acceptors (Lipinski definition) is 7. The van der Waals surface area contributed by atoms with Crippen molar-refractivity contribution in [1.29, 1.82) is 0 Å². The van der Waals surface area contributed by atoms with Crippen LogP contribution in [-0.2, 0) is 20.7 Å². The average molecular weight is 437 g/mol. The summed E-state index contributed by atoms with van der Waals surface area (Å²) in [6.45, 7) is 8.08. The molecule has 0 aromatic heterocycles. The summed E-state index contributed by atoms with van der Waals surface area (Å²) >= 11 is 0. The molecule has 0 aliphatic carbocycles. The molecule has 0 spiro atoms. The van der Waals surface area contributed by atoms with Gasteiger partial charge >= 0.3 is 12.1 Å². The summed E-state index contributed by atoms with van der Waals surface area (Å²) in [4.78, 5) is 27.3. The Balaban J connectivity index is 1.74. The second kappa shape index (κ2) is 10.8. The number of likely N-dealkylation sites (N-methyl/N-ethyl adjacent to an activating group) is 1. The van der Waals surface area contributed by atoms with E-state index in [-0.39, 0.29) is 18.5 Å². The van der Waals surface area contributed by atoms with E-state index in [4.69, 9.17) is 14.2 Å². The number of ether oxygens (including phenoxy) is 3. The molecule has 8 nitrogen and oxygen atoms in total. The second-order valence-corrected chi connectivity index (χ2v) is 9.18. The summed E-state index contributed by atoms with van der Waals surface area (Å²) in [5.41, 5.74) is -0.527. The minimum atomic E-state index is -0.840. The van der Waals surface area contributed by atoms with Crippen LogP contribution in [0.1, 0.15) is 39.2 Å². The van der Waals surface area contributed by atoms with Crippen molar-refractivity contribution in [3.05, 3.63) is 29.8 Å². The van der Waals surface area contributed by atoms with E-state index in [9.17, 15) is 14.7 Å². The maximum Gasteiger partial charge on any atom is 0.410 e. The number of amides is 1. The molecule has 1 fully saturated rings. The molecule has 0 bridgehead atoms. The number of likely N-dealkylation sites (tertiary alicyclic amines) is 1. The minimum absolute atomic E-state index is 0.209. The number of benzene rings is 1. The molecule has 31 heavy (non-hydrogen) atoms. The first-order valence-electron chi connectivity index (χ1n) is 10.7. The van der Waals surface area contributed by atoms with Crippen LogP contribution in [-0.4, -0.2) is 85.1 Å². The zero-order valence-corrected chi connectivity index (χ0v) is 19.3. The third-order valence-corrected chi connectivity index (χ3v) is 5.13. The molecule has 1 saturated heterocycles. The lowest BCUT2D eigenvalue weighted by Gasteiger charge is -2.40. The lowest BCUT2D eigenvalue weighted by atomic mass is 9.91. The zero-order chi connectivity index (χ0) is 23.1. The highest BCUT2D eigenvalue weighted by Gasteiger charge is 2.36. The van der Waals surface area contributed by atoms with Gasteiger partial charge in [0.15, 0.2) is 0 Å². The Morgan fingerprint density at radius 2 is 1.90 bits per heavy atom. The van der Waals surface area contributed by atoms with Crippen molar-refractivity contribution >= 4 is 12.1 Å². The zero-order valence-electron chi connectivity index (χ0n) is 19.3. The molecule has 0 saturated carbocycles. The molecular weight excluding hydrogens is 400 g/mol. The highest BCUT2D eigenvalue weighted by molar-refractivity contribution is 5.72. The Morgan fingerprint density at radius 1 is 1.23 bits per heavy atom. The SMILES string of the molecule is COC(=O)Cc1cccc(OCCN(C)CC2(O)CCN(C(=O)OC(C)(C)C)CC2)c1. The molecule has 1 amide bonds. The van der Waals surface area contributed by atoms with Crippen molar-refractivity contribution in [3.8, 4) is 5.75 Å². The van der Waals surface area contributed by atoms with E-state index in [1.807, 2.05) is 57.0 Å². The fourth-order valence-electron chi connectivity index (χ4n) is 3.48. The van der Waals surface area contributed by atoms with Crippen LogP contribution in [0.4, 0.5) is 4.79 Å². The van der Waals surface area contributed by atoms with Crippen molar-refractivity contribution in [2.75, 3.05) is 46.9 Å². The van der Waals surface area contributed by atoms with Crippen molar-refractivity contribution in [3.63, 3.8) is 0 Å². The van der Waals surface area contributed by atoms with E-state index in [1.165, 1.54) is 7.11 Å². The number of rotatable bonds is 8. The van der Waals surface area contributed by atoms with Crippen LogP contribution >= 0.6 is 0 Å². The van der Waals surface area contributed by atoms with E-state index in [0.29, 0.717) is 51.4 Å². The van der Waals surface area contributed by atoms with Gasteiger partial charge in [-0.2, -0.15) is 0 Å². The van der Waals surface area contributed by atoms with Crippen LogP contribution in [0, 0.1) is 0 Å². The first-order valence-corrected chi connectivity index (χ1v) is 10.7. The Labute approximate surface area is 185 Å². The van der Waals surface area contributed by atoms with Gasteiger partial charge in [-0.3, -0.25) is 4.79 Å². The normalized spacial score (nSPS) is 16.2. The fourth-order valence-corrected chi connectivity index (χ4v) is 3.48. The monoisotopic (exact) mass is 436 g/mol. The lowest BCUT2D eigenvalue weighted by molar-refractivity contribution is -0.139. The third-order valence-electron chi connectivity index (χ3n) is 5.13. The van der Waals surface area contributed by atoms with Crippen LogP contribution in [0.15, 0.2) is 24.3 Å². The predicted molar refractivity (Wildman–Crippen MR) is 117 cm³/mol. The Bertz CT molecular complexity index is 738. The molecule has 174 valence electrons. The molecule has 8 heteroatoms. The molecule has 1 N–H and O–H groups in total. The quantitative estimate of drug-likeness (QED) is 0.626. The smallest absolute Gasteiger partial charge is 0.410 e. The van der Waals surface area contributed by atoms with Gasteiger partial charge in [0.1, 0.15) is 18.0 Å². The number of aliphatic hydroxyl groups is 1. The van der Waals surface area contributed by atoms with Crippen molar-refractivity contribution in [2.24, 2.45) is 0 Å². The van der Waals surface area contributed by atoms with Crippen LogP contribution < -0.4 is 4.74 Å². The number of esters is 1. The van der Waals surface area contributed by atoms with E-state index in [2.05, 4.69) is 0 Å². The van der Waals surface area contributed by atoms with Crippen molar-refractivity contribution < 1.29 is 28.9 Å². The number of carbonyl (C=O) groups is 2. The van der Waals surface area contributed by atoms with Crippen LogP contribution in [0.3, 0.4) is 0 Å². The summed E-state index contributed by atoms with van der Waals surface area (Å²) in [5.74, 6) is 0.405. The highest BCUT2D eigenvalue weighted by atomic mass is 16.6. The van der Waals surface area contributed by atoms with E-state index < -0.39 is 11.2 Å². The van der Waals surface area contributed by atoms with E-state index in [1.54, 1.807) is 4.90 Å². The number of methoxy groups -OCH3 is 1. The van der Waals surface area contributed by atoms with Gasteiger partial charge in [0.2, 0.25) is 0 Å². The minimum Gasteiger partial charge on any atom is -0.492 e. The van der Waals surface area contributed by atoms with Crippen LogP contribution in [0.25, 0.3) is 0 Å². The first kappa shape index (κ1) is 24.9. The molecule has 1 aromatic carbocycles. The molecule has 1 aliphatic rings. The summed E-state index contributed by atoms with van der Waals surface area (Å²) in [7, 11) is 3.31. The molecule has 2 rings (SSSR count). The highest BCUT2D eigenvalue weighted by Crippen LogP contribution is 2.24. The van der Waals surface area contributed by atoms with E-state index in [0.717, 1.165) is 5.56 Å². The van der Waals surface area contributed by atoms with Gasteiger partial charge in [-0.25, -0.2) is 4.79 Å². The number of nitrogens with zero attached hydrogens (tertiary/aromatic N) is 2. The van der Waals surface area contributed by atoms with Gasteiger partial charge in [0.05, 0.1) is 19.1 Å². The summed E-state index contributed by atoms with van der Waals surface area (Å²) in [6.07, 6.45) is 0.895. The second-order valence-electron chi connectivity index (χ2n) is 9.18. The number of carbonyl (C=O) groups excluding carboxylic acids is 2. The van der Waals surface area contributed by atoms with Gasteiger partial charge in [-0.05, 0) is 58.4 Å². The molecule has 1 heterocycles. The molecule has 1 aliphatic heterocycles. The molecule has 0 atom stereocenters. The molecule has 0 unspecified atom stereocenters. The van der Waals surface area contributed by atoms with Crippen molar-refractivity contribution in [1.82, 2.24) is 9.80 Å². The summed E-state index contributed by atoms with van der Waals surface area (Å²) in [5, 5.41) is 10.9. The standard InChI is InChI=1S/C23H36N2O6/c1-22(2,3)31-21(27)25-11-9-23(28,10-12-25)17-24(4)13-14-30-19-8-6-7-18(15-19)16-20(26)29-5/h6-8,15,28H,9-14,16-17H2,1-5H3. The molecular formula is C23H36N2O6. The van der Waals surface area contributed by atoms with Gasteiger partial charge in [0, 0.05) is 26.2 Å². The van der Waals surface area contributed by atoms with E-state index >= 15 is 0 Å². The predicted octanol–water partition coefficient (Wildman–Crippen LogP) is 2.47. The number of piperidine rings is 1. The van der Waals surface area contributed by atoms with Gasteiger partial charge < -0.3 is 29.1 Å². The molecule has 1 aromatic rings. The number of hydrogen-bond donors (Lipinski definition) is 1. The van der Waals surface area contributed by atoms with Gasteiger partial charge in [0.25, 0.3) is 0 Å². The maximum atomic E-state index is 12.2. The third kappa shape index (κ3) is 8.75. The Morgan fingerprint density at radius 3 is 2.52 bits per heavy atom. The van der Waals surface area contributed by atoms with Crippen LogP contribution in [0.2, 0.25) is 0 Å². The summed E-state index contributed by atoms with van der Waals surface area (Å²) in [6, 6.07) is 7.38. The van der Waals surface area contributed by atoms with Crippen LogP contribution in [0.5, 0.6) is 5.75 Å². The fraction of sp³-hybridized carbons (Fsp3) is 0.652. The average Bonchev–Trinajstić information content (AvgIpc) is 2.67. The summed E-state index contributed by atoms with van der Waals surface area (Å²) < 4.78 is 15.9. The lowest BCUT2D eigenvalue weighted by Crippen LogP contribution is -2.52. The maximum absolute atomic E-state index is 12.2. The largest absolute Gasteiger partial charge is 0.492 e. The molecule has 0 radical (unpaired) electrons. The Kier molecular flexibility index (Phi) is 8.70. The van der Waals surface area contributed by atoms with Gasteiger partial charge in [-0.1, -0.05) is 12.1 Å². The van der Waals surface area contributed by atoms with Gasteiger partial charge in [-0.15, -0.1) is 0 Å².